The topological polar surface area (TPSA) is 105 Å². The van der Waals surface area contributed by atoms with Crippen LogP contribution in [0.25, 0.3) is 11.0 Å². The molecule has 0 spiro atoms. The first-order valence-corrected chi connectivity index (χ1v) is 11.8. The molecule has 0 radical (unpaired) electrons. The Bertz CT molecular complexity index is 1090. The summed E-state index contributed by atoms with van der Waals surface area (Å²) < 4.78 is 31.9. The van der Waals surface area contributed by atoms with Crippen LogP contribution in [0.3, 0.4) is 0 Å². The zero-order valence-corrected chi connectivity index (χ0v) is 18.8. The number of Topliss-reactive ketones (excluding diaryl/α,β-unsaturated/α-hetero) is 1. The molecule has 0 atom stereocenters. The van der Waals surface area contributed by atoms with Crippen LogP contribution in [0.4, 0.5) is 5.69 Å². The maximum atomic E-state index is 12.3. The highest BCUT2D eigenvalue weighted by Crippen LogP contribution is 2.27. The smallest absolute Gasteiger partial charge is 0.347 e. The number of rotatable bonds is 6. The molecule has 8 heteroatoms. The van der Waals surface area contributed by atoms with Crippen LogP contribution in [-0.2, 0) is 10.0 Å². The molecule has 3 rings (SSSR count). The summed E-state index contributed by atoms with van der Waals surface area (Å²) in [6, 6.07) is 7.01. The maximum Gasteiger partial charge on any atom is 0.347 e. The summed E-state index contributed by atoms with van der Waals surface area (Å²) in [5, 5.41) is 4.11. The molecule has 1 saturated carbocycles. The molecule has 30 heavy (non-hydrogen) atoms. The molecule has 1 aliphatic carbocycles. The minimum Gasteiger partial charge on any atom is -0.422 e. The summed E-state index contributed by atoms with van der Waals surface area (Å²) in [6.45, 7) is 7.25. The summed E-state index contributed by atoms with van der Waals surface area (Å²) >= 11 is 0. The Kier molecular flexibility index (Phi) is 6.38. The number of nitrogens with one attached hydrogen (secondary N) is 2. The molecular formula is C22H30N2O5S. The Labute approximate surface area is 177 Å². The fourth-order valence-electron chi connectivity index (χ4n) is 3.62. The molecular weight excluding hydrogens is 404 g/mol. The van der Waals surface area contributed by atoms with Gasteiger partial charge in [0.05, 0.1) is 4.75 Å². The highest BCUT2D eigenvalue weighted by atomic mass is 32.2. The van der Waals surface area contributed by atoms with Gasteiger partial charge in [0.2, 0.25) is 10.0 Å². The summed E-state index contributed by atoms with van der Waals surface area (Å²) in [7, 11) is -3.32. The molecule has 0 amide bonds. The molecule has 0 saturated heterocycles. The Balaban J connectivity index is 1.58. The van der Waals surface area contributed by atoms with Crippen LogP contribution in [0.5, 0.6) is 0 Å². The first-order chi connectivity index (χ1) is 14.0. The highest BCUT2D eigenvalue weighted by Gasteiger charge is 2.32. The van der Waals surface area contributed by atoms with E-state index in [1.165, 1.54) is 6.92 Å². The van der Waals surface area contributed by atoms with Gasteiger partial charge in [0, 0.05) is 23.7 Å². The lowest BCUT2D eigenvalue weighted by atomic mass is 9.86. The molecule has 1 aliphatic rings. The van der Waals surface area contributed by atoms with E-state index in [-0.39, 0.29) is 17.4 Å². The number of anilines is 1. The minimum absolute atomic E-state index is 0.000885. The van der Waals surface area contributed by atoms with Crippen LogP contribution >= 0.6 is 0 Å². The molecule has 1 heterocycles. The number of carbonyl (C=O) groups is 1. The van der Waals surface area contributed by atoms with Crippen molar-refractivity contribution in [3.63, 3.8) is 0 Å². The van der Waals surface area contributed by atoms with E-state index in [1.54, 1.807) is 32.9 Å². The van der Waals surface area contributed by atoms with Crippen LogP contribution in [-0.4, -0.2) is 31.5 Å². The molecule has 1 aromatic heterocycles. The predicted octanol–water partition coefficient (Wildman–Crippen LogP) is 3.68. The molecule has 0 aliphatic heterocycles. The van der Waals surface area contributed by atoms with Gasteiger partial charge in [-0.3, -0.25) is 4.79 Å². The number of ketones is 1. The van der Waals surface area contributed by atoms with Gasteiger partial charge in [0.25, 0.3) is 0 Å². The van der Waals surface area contributed by atoms with Crippen molar-refractivity contribution in [3.8, 4) is 0 Å². The van der Waals surface area contributed by atoms with E-state index in [1.807, 2.05) is 12.1 Å². The lowest BCUT2D eigenvalue weighted by molar-refractivity contribution is 0.101. The number of fused-ring (bicyclic) bond motifs is 1. The monoisotopic (exact) mass is 434 g/mol. The lowest BCUT2D eigenvalue weighted by Crippen LogP contribution is -2.46. The van der Waals surface area contributed by atoms with Gasteiger partial charge in [0.15, 0.2) is 5.78 Å². The quantitative estimate of drug-likeness (QED) is 0.531. The Morgan fingerprint density at radius 2 is 1.80 bits per heavy atom. The van der Waals surface area contributed by atoms with Crippen molar-refractivity contribution in [2.75, 3.05) is 11.9 Å². The van der Waals surface area contributed by atoms with Crippen molar-refractivity contribution in [2.24, 2.45) is 5.92 Å². The highest BCUT2D eigenvalue weighted by molar-refractivity contribution is 7.90. The molecule has 1 fully saturated rings. The zero-order chi connectivity index (χ0) is 22.1. The van der Waals surface area contributed by atoms with Gasteiger partial charge >= 0.3 is 5.63 Å². The van der Waals surface area contributed by atoms with Gasteiger partial charge in [-0.25, -0.2) is 17.9 Å². The Morgan fingerprint density at radius 1 is 1.13 bits per heavy atom. The summed E-state index contributed by atoms with van der Waals surface area (Å²) in [5.41, 5.74) is 0.772. The summed E-state index contributed by atoms with van der Waals surface area (Å²) in [6.07, 6.45) is 3.54. The van der Waals surface area contributed by atoms with Crippen molar-refractivity contribution < 1.29 is 17.6 Å². The van der Waals surface area contributed by atoms with Crippen molar-refractivity contribution >= 4 is 32.5 Å². The van der Waals surface area contributed by atoms with E-state index in [0.717, 1.165) is 37.9 Å². The third-order valence-corrected chi connectivity index (χ3v) is 7.94. The third-order valence-electron chi connectivity index (χ3n) is 5.68. The van der Waals surface area contributed by atoms with E-state index < -0.39 is 20.4 Å². The Morgan fingerprint density at radius 3 is 2.40 bits per heavy atom. The van der Waals surface area contributed by atoms with Crippen LogP contribution < -0.4 is 15.7 Å². The SMILES string of the molecule is CC(=O)c1cc2cc(NCC3CCC(NS(=O)(=O)C(C)(C)C)CC3)ccc2oc1=O. The van der Waals surface area contributed by atoms with Crippen LogP contribution in [0.2, 0.25) is 0 Å². The fourth-order valence-corrected chi connectivity index (χ4v) is 4.65. The number of hydrogen-bond donors (Lipinski definition) is 2. The normalized spacial score (nSPS) is 20.3. The number of benzene rings is 1. The molecule has 2 aromatic rings. The zero-order valence-electron chi connectivity index (χ0n) is 17.9. The number of sulfonamides is 1. The van der Waals surface area contributed by atoms with E-state index in [9.17, 15) is 18.0 Å². The number of hydrogen-bond acceptors (Lipinski definition) is 6. The van der Waals surface area contributed by atoms with Crippen molar-refractivity contribution in [2.45, 2.75) is 64.2 Å². The van der Waals surface area contributed by atoms with Gasteiger partial charge in [-0.05, 0) is 83.6 Å². The second kappa shape index (κ2) is 8.51. The molecule has 7 nitrogen and oxygen atoms in total. The van der Waals surface area contributed by atoms with Crippen molar-refractivity contribution in [3.05, 3.63) is 40.2 Å². The first kappa shape index (κ1) is 22.5. The van der Waals surface area contributed by atoms with E-state index in [2.05, 4.69) is 10.0 Å². The molecule has 2 N–H and O–H groups in total. The second-order valence-electron chi connectivity index (χ2n) is 9.09. The van der Waals surface area contributed by atoms with E-state index in [4.69, 9.17) is 4.42 Å². The van der Waals surface area contributed by atoms with Crippen molar-refractivity contribution in [1.82, 2.24) is 4.72 Å². The van der Waals surface area contributed by atoms with Gasteiger partial charge in [-0.2, -0.15) is 0 Å². The van der Waals surface area contributed by atoms with Gasteiger partial charge in [-0.15, -0.1) is 0 Å². The van der Waals surface area contributed by atoms with Gasteiger partial charge in [-0.1, -0.05) is 0 Å². The number of carbonyl (C=O) groups excluding carboxylic acids is 1. The molecule has 0 bridgehead atoms. The fraction of sp³-hybridized carbons (Fsp3) is 0.545. The molecule has 1 aromatic carbocycles. The predicted molar refractivity (Wildman–Crippen MR) is 119 cm³/mol. The molecule has 164 valence electrons. The van der Waals surface area contributed by atoms with Gasteiger partial charge in [0.1, 0.15) is 11.1 Å². The summed E-state index contributed by atoms with van der Waals surface area (Å²) in [4.78, 5) is 23.4. The second-order valence-corrected chi connectivity index (χ2v) is 11.6. The van der Waals surface area contributed by atoms with Crippen LogP contribution in [0.15, 0.2) is 33.5 Å². The largest absolute Gasteiger partial charge is 0.422 e. The maximum absolute atomic E-state index is 12.3. The molecule has 0 unspecified atom stereocenters. The summed E-state index contributed by atoms with van der Waals surface area (Å²) in [5.74, 6) is 0.139. The minimum atomic E-state index is -3.32. The van der Waals surface area contributed by atoms with Crippen LogP contribution in [0, 0.1) is 5.92 Å². The van der Waals surface area contributed by atoms with Crippen LogP contribution in [0.1, 0.15) is 63.7 Å². The standard InChI is InChI=1S/C22H30N2O5S/c1-14(25)19-12-16-11-18(9-10-20(16)29-21(19)26)23-13-15-5-7-17(8-6-15)24-30(27,28)22(2,3)4/h9-12,15,17,23-24H,5-8,13H2,1-4H3. The third kappa shape index (κ3) is 5.10. The lowest BCUT2D eigenvalue weighted by Gasteiger charge is -2.31. The van der Waals surface area contributed by atoms with E-state index >= 15 is 0 Å². The average molecular weight is 435 g/mol. The van der Waals surface area contributed by atoms with Gasteiger partial charge < -0.3 is 9.73 Å². The average Bonchev–Trinajstić information content (AvgIpc) is 2.65. The van der Waals surface area contributed by atoms with Crippen molar-refractivity contribution in [1.29, 1.82) is 0 Å². The first-order valence-electron chi connectivity index (χ1n) is 10.3. The van der Waals surface area contributed by atoms with E-state index in [0.29, 0.717) is 16.9 Å². The Hall–Kier alpha value is -2.19.